The van der Waals surface area contributed by atoms with Crippen LogP contribution in [-0.4, -0.2) is 30.8 Å². The number of hydrogen-bond acceptors (Lipinski definition) is 3. The quantitative estimate of drug-likeness (QED) is 0.396. The lowest BCUT2D eigenvalue weighted by Crippen LogP contribution is -2.39. The van der Waals surface area contributed by atoms with E-state index in [0.717, 1.165) is 16.4 Å². The molecule has 0 fully saturated rings. The minimum Gasteiger partial charge on any atom is -0.392 e. The Kier molecular flexibility index (Phi) is 8.04. The van der Waals surface area contributed by atoms with E-state index in [0.29, 0.717) is 12.8 Å². The number of alkyl halides is 3. The number of unbranched alkanes of at least 4 members (excludes halogenated alkanes) is 1. The van der Waals surface area contributed by atoms with E-state index in [4.69, 9.17) is 18.0 Å². The Morgan fingerprint density at radius 3 is 2.60 bits per heavy atom. The van der Waals surface area contributed by atoms with Gasteiger partial charge in [0, 0.05) is 6.54 Å². The Morgan fingerprint density at radius 2 is 2.04 bits per heavy atom. The highest BCUT2D eigenvalue weighted by molar-refractivity contribution is 7.88. The molecule has 0 saturated carbocycles. The normalized spacial score (nSPS) is 12.8. The van der Waals surface area contributed by atoms with E-state index < -0.39 is 27.5 Å². The molecule has 0 unspecified atom stereocenters. The first-order valence-electron chi connectivity index (χ1n) is 7.59. The van der Waals surface area contributed by atoms with Gasteiger partial charge in [0.25, 0.3) is 0 Å². The van der Waals surface area contributed by atoms with Gasteiger partial charge in [0.2, 0.25) is 10.0 Å². The van der Waals surface area contributed by atoms with Crippen molar-refractivity contribution >= 4 is 27.2 Å². The third-order valence-corrected chi connectivity index (χ3v) is 5.27. The van der Waals surface area contributed by atoms with Gasteiger partial charge in [-0.3, -0.25) is 0 Å². The molecule has 9 heteroatoms. The van der Waals surface area contributed by atoms with Crippen molar-refractivity contribution < 1.29 is 21.6 Å². The highest BCUT2D eigenvalue weighted by atomic mass is 32.2. The molecular formula is C16H21F3N2O2S2. The summed E-state index contributed by atoms with van der Waals surface area (Å²) in [5.74, 6) is -0.539. The van der Waals surface area contributed by atoms with Crippen LogP contribution in [0.3, 0.4) is 0 Å². The molecule has 25 heavy (non-hydrogen) atoms. The minimum absolute atomic E-state index is 0.0126. The minimum atomic E-state index is -4.52. The number of allylic oxidation sites excluding steroid dienone is 2. The van der Waals surface area contributed by atoms with Crippen LogP contribution in [0.2, 0.25) is 0 Å². The molecule has 0 aliphatic heterocycles. The van der Waals surface area contributed by atoms with Crippen molar-refractivity contribution in [3.05, 3.63) is 47.5 Å². The van der Waals surface area contributed by atoms with Crippen LogP contribution in [0.4, 0.5) is 13.2 Å². The number of nitrogens with zero attached hydrogens (tertiary/aromatic N) is 1. The first-order valence-corrected chi connectivity index (χ1v) is 9.61. The van der Waals surface area contributed by atoms with E-state index in [9.17, 15) is 21.6 Å². The number of nitrogens with two attached hydrogens (primary N) is 1. The summed E-state index contributed by atoms with van der Waals surface area (Å²) in [5, 5.41) is 0. The van der Waals surface area contributed by atoms with E-state index >= 15 is 0 Å². The van der Waals surface area contributed by atoms with Crippen LogP contribution >= 0.6 is 12.2 Å². The molecule has 0 spiro atoms. The summed E-state index contributed by atoms with van der Waals surface area (Å²) in [6.07, 6.45) is 0.483. The van der Waals surface area contributed by atoms with Crippen LogP contribution in [0.15, 0.2) is 36.4 Å². The molecular weight excluding hydrogens is 373 g/mol. The van der Waals surface area contributed by atoms with Gasteiger partial charge in [-0.25, -0.2) is 8.42 Å². The maximum Gasteiger partial charge on any atom is 0.416 e. The van der Waals surface area contributed by atoms with E-state index in [2.05, 4.69) is 0 Å². The molecule has 140 valence electrons. The molecule has 0 saturated heterocycles. The second-order valence-corrected chi connectivity index (χ2v) is 7.96. The maximum atomic E-state index is 12.8. The first-order chi connectivity index (χ1) is 11.6. The van der Waals surface area contributed by atoms with Crippen LogP contribution in [0.25, 0.3) is 0 Å². The van der Waals surface area contributed by atoms with Gasteiger partial charge in [-0.15, -0.1) is 0 Å². The molecule has 1 rings (SSSR count). The fourth-order valence-corrected chi connectivity index (χ4v) is 3.95. The summed E-state index contributed by atoms with van der Waals surface area (Å²) in [7, 11) is -3.85. The smallest absolute Gasteiger partial charge is 0.392 e. The van der Waals surface area contributed by atoms with Crippen LogP contribution in [0.5, 0.6) is 0 Å². The average Bonchev–Trinajstić information content (AvgIpc) is 2.49. The summed E-state index contributed by atoms with van der Waals surface area (Å²) in [4.78, 5) is 0.0126. The predicted octanol–water partition coefficient (Wildman–Crippen LogP) is 3.48. The van der Waals surface area contributed by atoms with E-state index in [1.807, 2.05) is 19.1 Å². The maximum absolute atomic E-state index is 12.8. The SMILES string of the molecule is CC=CCCCN(CC(N)=S)S(=O)(=O)Cc1cccc(C(F)(F)F)c1. The number of benzene rings is 1. The van der Waals surface area contributed by atoms with Crippen molar-refractivity contribution in [1.82, 2.24) is 4.31 Å². The zero-order valence-corrected chi connectivity index (χ0v) is 15.4. The third kappa shape index (κ3) is 7.54. The molecule has 4 nitrogen and oxygen atoms in total. The van der Waals surface area contributed by atoms with Gasteiger partial charge in [0.05, 0.1) is 22.8 Å². The van der Waals surface area contributed by atoms with Gasteiger partial charge in [-0.2, -0.15) is 17.5 Å². The van der Waals surface area contributed by atoms with Gasteiger partial charge in [-0.05, 0) is 31.4 Å². The van der Waals surface area contributed by atoms with Crippen molar-refractivity contribution in [3.63, 3.8) is 0 Å². The summed E-state index contributed by atoms with van der Waals surface area (Å²) in [6, 6.07) is 4.29. The second-order valence-electron chi connectivity index (χ2n) is 5.47. The number of thiocarbonyl (C=S) groups is 1. The summed E-state index contributed by atoms with van der Waals surface area (Å²) in [6.45, 7) is 1.92. The van der Waals surface area contributed by atoms with Crippen LogP contribution in [0.1, 0.15) is 30.9 Å². The van der Waals surface area contributed by atoms with Gasteiger partial charge in [0.15, 0.2) is 0 Å². The van der Waals surface area contributed by atoms with Gasteiger partial charge in [-0.1, -0.05) is 42.6 Å². The van der Waals surface area contributed by atoms with Crippen LogP contribution in [-0.2, 0) is 22.0 Å². The van der Waals surface area contributed by atoms with E-state index in [1.165, 1.54) is 12.1 Å². The molecule has 0 aliphatic carbocycles. The molecule has 0 aromatic heterocycles. The number of sulfonamides is 1. The lowest BCUT2D eigenvalue weighted by Gasteiger charge is -2.21. The highest BCUT2D eigenvalue weighted by Gasteiger charge is 2.31. The standard InChI is InChI=1S/C16H21F3N2O2S2/c1-2-3-4-5-9-21(11-15(20)24)25(22,23)12-13-7-6-8-14(10-13)16(17,18)19/h2-3,6-8,10H,4-5,9,11-12H2,1H3,(H2,20,24). The highest BCUT2D eigenvalue weighted by Crippen LogP contribution is 2.30. The van der Waals surface area contributed by atoms with E-state index in [1.54, 1.807) is 0 Å². The molecule has 1 aromatic carbocycles. The Balaban J connectivity index is 2.95. The largest absolute Gasteiger partial charge is 0.416 e. The van der Waals surface area contributed by atoms with Crippen LogP contribution in [0, 0.1) is 0 Å². The van der Waals surface area contributed by atoms with Crippen molar-refractivity contribution in [1.29, 1.82) is 0 Å². The molecule has 0 heterocycles. The molecule has 1 aromatic rings. The number of halogens is 3. The summed E-state index contributed by atoms with van der Waals surface area (Å²) >= 11 is 4.79. The summed E-state index contributed by atoms with van der Waals surface area (Å²) < 4.78 is 64.6. The molecule has 0 bridgehead atoms. The zero-order valence-electron chi connectivity index (χ0n) is 13.8. The van der Waals surface area contributed by atoms with Gasteiger partial charge >= 0.3 is 6.18 Å². The summed E-state index contributed by atoms with van der Waals surface area (Å²) in [5.41, 5.74) is 4.64. The Bertz CT molecular complexity index is 716. The van der Waals surface area contributed by atoms with Crippen molar-refractivity contribution in [2.45, 2.75) is 31.7 Å². The average molecular weight is 394 g/mol. The third-order valence-electron chi connectivity index (χ3n) is 3.34. The van der Waals surface area contributed by atoms with E-state index in [-0.39, 0.29) is 23.6 Å². The molecule has 0 aliphatic rings. The lowest BCUT2D eigenvalue weighted by molar-refractivity contribution is -0.137. The second kappa shape index (κ2) is 9.30. The molecule has 0 radical (unpaired) electrons. The number of rotatable bonds is 9. The van der Waals surface area contributed by atoms with Gasteiger partial charge in [0.1, 0.15) is 0 Å². The zero-order chi connectivity index (χ0) is 19.1. The van der Waals surface area contributed by atoms with Crippen LogP contribution < -0.4 is 5.73 Å². The fourth-order valence-electron chi connectivity index (χ4n) is 2.18. The van der Waals surface area contributed by atoms with Gasteiger partial charge < -0.3 is 5.73 Å². The Labute approximate surface area is 151 Å². The Morgan fingerprint density at radius 1 is 1.36 bits per heavy atom. The topological polar surface area (TPSA) is 63.4 Å². The predicted molar refractivity (Wildman–Crippen MR) is 96.5 cm³/mol. The first kappa shape index (κ1) is 21.6. The molecule has 2 N–H and O–H groups in total. The molecule has 0 amide bonds. The Hall–Kier alpha value is -1.45. The monoisotopic (exact) mass is 394 g/mol. The van der Waals surface area contributed by atoms with Crippen molar-refractivity contribution in [2.75, 3.05) is 13.1 Å². The molecule has 0 atom stereocenters. The van der Waals surface area contributed by atoms with Crippen molar-refractivity contribution in [3.8, 4) is 0 Å². The lowest BCUT2D eigenvalue weighted by atomic mass is 10.1. The fraction of sp³-hybridized carbons (Fsp3) is 0.438. The van der Waals surface area contributed by atoms with Crippen molar-refractivity contribution in [2.24, 2.45) is 5.73 Å². The number of hydrogen-bond donors (Lipinski definition) is 1.